The van der Waals surface area contributed by atoms with Gasteiger partial charge in [0.2, 0.25) is 5.95 Å². The summed E-state index contributed by atoms with van der Waals surface area (Å²) in [6, 6.07) is 0. The molecule has 2 rings (SSSR count). The molecular formula is C10H14FN3. The normalized spacial score (nSPS) is 18.7. The summed E-state index contributed by atoms with van der Waals surface area (Å²) in [6.07, 6.45) is 6.17. The van der Waals surface area contributed by atoms with Gasteiger partial charge in [-0.25, -0.2) is 14.4 Å². The third-order valence-corrected chi connectivity index (χ3v) is 2.85. The minimum absolute atomic E-state index is 0.387. The predicted molar refractivity (Wildman–Crippen MR) is 52.4 cm³/mol. The Bertz CT molecular complexity index is 306. The summed E-state index contributed by atoms with van der Waals surface area (Å²) < 4.78 is 12.5. The van der Waals surface area contributed by atoms with Crippen molar-refractivity contribution in [3.05, 3.63) is 18.2 Å². The number of nitrogens with one attached hydrogen (secondary N) is 1. The second kappa shape index (κ2) is 3.52. The van der Waals surface area contributed by atoms with Crippen molar-refractivity contribution in [1.29, 1.82) is 0 Å². The largest absolute Gasteiger partial charge is 0.354 e. The lowest BCUT2D eigenvalue weighted by atomic mass is 9.70. The molecule has 0 saturated heterocycles. The van der Waals surface area contributed by atoms with Crippen molar-refractivity contribution in [2.75, 3.05) is 11.9 Å². The van der Waals surface area contributed by atoms with Crippen molar-refractivity contribution >= 4 is 5.95 Å². The molecule has 0 radical (unpaired) electrons. The number of nitrogens with zero attached hydrogens (tertiary/aromatic N) is 2. The maximum Gasteiger partial charge on any atom is 0.222 e. The van der Waals surface area contributed by atoms with Crippen molar-refractivity contribution in [3.8, 4) is 0 Å². The molecule has 3 nitrogen and oxygen atoms in total. The van der Waals surface area contributed by atoms with Gasteiger partial charge < -0.3 is 5.32 Å². The molecule has 0 aromatic carbocycles. The van der Waals surface area contributed by atoms with E-state index in [-0.39, 0.29) is 0 Å². The number of anilines is 1. The minimum Gasteiger partial charge on any atom is -0.354 e. The van der Waals surface area contributed by atoms with Gasteiger partial charge in [-0.05, 0) is 18.3 Å². The molecule has 1 aliphatic rings. The third kappa shape index (κ3) is 2.00. The van der Waals surface area contributed by atoms with Gasteiger partial charge in [0.1, 0.15) is 0 Å². The molecule has 1 aliphatic carbocycles. The summed E-state index contributed by atoms with van der Waals surface area (Å²) in [5.41, 5.74) is 0.387. The van der Waals surface area contributed by atoms with Crippen molar-refractivity contribution < 1.29 is 4.39 Å². The summed E-state index contributed by atoms with van der Waals surface area (Å²) in [7, 11) is 0. The Kier molecular flexibility index (Phi) is 2.35. The molecule has 1 heterocycles. The topological polar surface area (TPSA) is 37.8 Å². The van der Waals surface area contributed by atoms with Crippen LogP contribution in [0.4, 0.5) is 10.3 Å². The molecule has 14 heavy (non-hydrogen) atoms. The fourth-order valence-corrected chi connectivity index (χ4v) is 1.65. The first kappa shape index (κ1) is 9.37. The van der Waals surface area contributed by atoms with E-state index in [1.165, 1.54) is 31.7 Å². The smallest absolute Gasteiger partial charge is 0.222 e. The van der Waals surface area contributed by atoms with E-state index in [9.17, 15) is 4.39 Å². The summed E-state index contributed by atoms with van der Waals surface area (Å²) in [4.78, 5) is 7.69. The minimum atomic E-state index is -0.398. The van der Waals surface area contributed by atoms with E-state index in [0.717, 1.165) is 6.54 Å². The Hall–Kier alpha value is -1.19. The zero-order valence-electron chi connectivity index (χ0n) is 8.26. The Balaban J connectivity index is 1.88. The highest BCUT2D eigenvalue weighted by molar-refractivity contribution is 5.23. The van der Waals surface area contributed by atoms with Gasteiger partial charge in [0.05, 0.1) is 12.4 Å². The summed E-state index contributed by atoms with van der Waals surface area (Å²) >= 11 is 0. The summed E-state index contributed by atoms with van der Waals surface area (Å²) in [5, 5.41) is 3.13. The van der Waals surface area contributed by atoms with E-state index in [1.54, 1.807) is 0 Å². The van der Waals surface area contributed by atoms with Gasteiger partial charge in [-0.1, -0.05) is 13.3 Å². The van der Waals surface area contributed by atoms with Gasteiger partial charge in [-0.15, -0.1) is 0 Å². The van der Waals surface area contributed by atoms with Crippen LogP contribution >= 0.6 is 0 Å². The van der Waals surface area contributed by atoms with E-state index in [2.05, 4.69) is 22.2 Å². The Labute approximate surface area is 82.8 Å². The maximum absolute atomic E-state index is 12.5. The van der Waals surface area contributed by atoms with E-state index in [1.807, 2.05) is 0 Å². The highest BCUT2D eigenvalue weighted by Crippen LogP contribution is 2.39. The zero-order valence-corrected chi connectivity index (χ0v) is 8.26. The SMILES string of the molecule is CC1(CNc2ncc(F)cn2)CCC1. The van der Waals surface area contributed by atoms with Gasteiger partial charge in [-0.3, -0.25) is 0 Å². The molecule has 76 valence electrons. The standard InChI is InChI=1S/C10H14FN3/c1-10(3-2-4-10)7-14-9-12-5-8(11)6-13-9/h5-6H,2-4,7H2,1H3,(H,12,13,14). The average Bonchev–Trinajstić information content (AvgIpc) is 2.14. The second-order valence-corrected chi connectivity index (χ2v) is 4.24. The van der Waals surface area contributed by atoms with E-state index in [4.69, 9.17) is 0 Å². The highest BCUT2D eigenvalue weighted by atomic mass is 19.1. The van der Waals surface area contributed by atoms with Crippen LogP contribution < -0.4 is 5.32 Å². The fraction of sp³-hybridized carbons (Fsp3) is 0.600. The predicted octanol–water partition coefficient (Wildman–Crippen LogP) is 2.22. The van der Waals surface area contributed by atoms with Crippen LogP contribution in [0.25, 0.3) is 0 Å². The molecule has 0 spiro atoms. The van der Waals surface area contributed by atoms with Crippen molar-refractivity contribution in [3.63, 3.8) is 0 Å². The fourth-order valence-electron chi connectivity index (χ4n) is 1.65. The number of aromatic nitrogens is 2. The number of halogens is 1. The van der Waals surface area contributed by atoms with Crippen LogP contribution in [0.15, 0.2) is 12.4 Å². The van der Waals surface area contributed by atoms with E-state index < -0.39 is 5.82 Å². The lowest BCUT2D eigenvalue weighted by molar-refractivity contribution is 0.179. The monoisotopic (exact) mass is 195 g/mol. The molecule has 1 saturated carbocycles. The van der Waals surface area contributed by atoms with Crippen molar-refractivity contribution in [1.82, 2.24) is 9.97 Å². The maximum atomic E-state index is 12.5. The van der Waals surface area contributed by atoms with Gasteiger partial charge in [-0.2, -0.15) is 0 Å². The van der Waals surface area contributed by atoms with Gasteiger partial charge in [0, 0.05) is 6.54 Å². The lowest BCUT2D eigenvalue weighted by Gasteiger charge is -2.38. The van der Waals surface area contributed by atoms with Crippen LogP contribution in [0.3, 0.4) is 0 Å². The van der Waals surface area contributed by atoms with Crippen LogP contribution in [-0.4, -0.2) is 16.5 Å². The van der Waals surface area contributed by atoms with Crippen LogP contribution in [0, 0.1) is 11.2 Å². The first-order valence-electron chi connectivity index (χ1n) is 4.89. The van der Waals surface area contributed by atoms with Crippen LogP contribution in [0.5, 0.6) is 0 Å². The first-order chi connectivity index (χ1) is 6.68. The Morgan fingerprint density at radius 3 is 2.57 bits per heavy atom. The molecule has 4 heteroatoms. The molecule has 0 bridgehead atoms. The third-order valence-electron chi connectivity index (χ3n) is 2.85. The van der Waals surface area contributed by atoms with Gasteiger partial charge in [0.15, 0.2) is 5.82 Å². The summed E-state index contributed by atoms with van der Waals surface area (Å²) in [6.45, 7) is 3.12. The molecule has 0 amide bonds. The quantitative estimate of drug-likeness (QED) is 0.803. The first-order valence-corrected chi connectivity index (χ1v) is 4.89. The van der Waals surface area contributed by atoms with Gasteiger partial charge >= 0.3 is 0 Å². The van der Waals surface area contributed by atoms with Crippen LogP contribution in [0.1, 0.15) is 26.2 Å². The molecule has 0 unspecified atom stereocenters. The summed E-state index contributed by atoms with van der Waals surface area (Å²) in [5.74, 6) is 0.116. The molecule has 0 aliphatic heterocycles. The molecule has 0 atom stereocenters. The molecular weight excluding hydrogens is 181 g/mol. The number of rotatable bonds is 3. The Morgan fingerprint density at radius 2 is 2.07 bits per heavy atom. The van der Waals surface area contributed by atoms with Crippen LogP contribution in [-0.2, 0) is 0 Å². The molecule has 1 aromatic heterocycles. The van der Waals surface area contributed by atoms with Crippen molar-refractivity contribution in [2.24, 2.45) is 5.41 Å². The van der Waals surface area contributed by atoms with E-state index in [0.29, 0.717) is 11.4 Å². The zero-order chi connectivity index (χ0) is 10.0. The number of hydrogen-bond donors (Lipinski definition) is 1. The lowest BCUT2D eigenvalue weighted by Crippen LogP contribution is -2.33. The second-order valence-electron chi connectivity index (χ2n) is 4.24. The van der Waals surface area contributed by atoms with E-state index >= 15 is 0 Å². The number of hydrogen-bond acceptors (Lipinski definition) is 3. The van der Waals surface area contributed by atoms with Crippen molar-refractivity contribution in [2.45, 2.75) is 26.2 Å². The molecule has 1 N–H and O–H groups in total. The molecule has 1 fully saturated rings. The average molecular weight is 195 g/mol. The highest BCUT2D eigenvalue weighted by Gasteiger charge is 2.31. The Morgan fingerprint density at radius 1 is 1.43 bits per heavy atom. The van der Waals surface area contributed by atoms with Crippen LogP contribution in [0.2, 0.25) is 0 Å². The molecule has 1 aromatic rings. The van der Waals surface area contributed by atoms with Gasteiger partial charge in [0.25, 0.3) is 0 Å².